The summed E-state index contributed by atoms with van der Waals surface area (Å²) in [5.41, 5.74) is 5.17. The fourth-order valence-corrected chi connectivity index (χ4v) is 4.35. The molecule has 0 aliphatic carbocycles. The first-order valence-corrected chi connectivity index (χ1v) is 10.5. The summed E-state index contributed by atoms with van der Waals surface area (Å²) in [4.78, 5) is 24.1. The van der Waals surface area contributed by atoms with Crippen molar-refractivity contribution in [2.24, 2.45) is 0 Å². The molecule has 28 heavy (non-hydrogen) atoms. The first-order chi connectivity index (χ1) is 13.6. The summed E-state index contributed by atoms with van der Waals surface area (Å²) in [6.07, 6.45) is 4.09. The first kappa shape index (κ1) is 18.8. The van der Waals surface area contributed by atoms with Crippen molar-refractivity contribution < 1.29 is 4.79 Å². The minimum absolute atomic E-state index is 0.117. The lowest BCUT2D eigenvalue weighted by Crippen LogP contribution is -2.24. The Hall–Kier alpha value is -2.57. The highest BCUT2D eigenvalue weighted by Gasteiger charge is 2.28. The minimum atomic E-state index is -0.117. The number of benzene rings is 1. The maximum absolute atomic E-state index is 12.4. The SMILES string of the molecule is Cc1ccc(C(=O)Nc2nc(C3CCCN3Cc3ncccc3C)cs2)cc1. The van der Waals surface area contributed by atoms with Crippen molar-refractivity contribution in [3.05, 3.63) is 76.1 Å². The van der Waals surface area contributed by atoms with Gasteiger partial charge in [0.15, 0.2) is 5.13 Å². The Morgan fingerprint density at radius 2 is 2.07 bits per heavy atom. The summed E-state index contributed by atoms with van der Waals surface area (Å²) in [7, 11) is 0. The van der Waals surface area contributed by atoms with Crippen LogP contribution in [-0.2, 0) is 6.54 Å². The molecule has 1 aliphatic heterocycles. The van der Waals surface area contributed by atoms with Gasteiger partial charge in [-0.15, -0.1) is 11.3 Å². The second kappa shape index (κ2) is 8.20. The van der Waals surface area contributed by atoms with Gasteiger partial charge in [0, 0.05) is 23.7 Å². The van der Waals surface area contributed by atoms with Crippen molar-refractivity contribution in [1.29, 1.82) is 0 Å². The first-order valence-electron chi connectivity index (χ1n) is 9.58. The zero-order valence-corrected chi connectivity index (χ0v) is 17.0. The lowest BCUT2D eigenvalue weighted by molar-refractivity contribution is 0.102. The van der Waals surface area contributed by atoms with Crippen LogP contribution in [0.4, 0.5) is 5.13 Å². The molecule has 1 aromatic carbocycles. The normalized spacial score (nSPS) is 17.0. The van der Waals surface area contributed by atoms with Crippen molar-refractivity contribution in [3.63, 3.8) is 0 Å². The molecule has 6 heteroatoms. The molecule has 1 aliphatic rings. The molecule has 5 nitrogen and oxygen atoms in total. The van der Waals surface area contributed by atoms with Crippen LogP contribution in [0.3, 0.4) is 0 Å². The van der Waals surface area contributed by atoms with Gasteiger partial charge >= 0.3 is 0 Å². The number of nitrogens with one attached hydrogen (secondary N) is 1. The molecule has 3 heterocycles. The zero-order valence-electron chi connectivity index (χ0n) is 16.2. The number of anilines is 1. The molecule has 1 atom stereocenters. The molecule has 1 unspecified atom stereocenters. The van der Waals surface area contributed by atoms with Crippen LogP contribution in [-0.4, -0.2) is 27.3 Å². The Morgan fingerprint density at radius 3 is 2.86 bits per heavy atom. The summed E-state index contributed by atoms with van der Waals surface area (Å²) in [6.45, 7) is 5.99. The van der Waals surface area contributed by atoms with E-state index in [1.54, 1.807) is 0 Å². The fraction of sp³-hybridized carbons (Fsp3) is 0.318. The molecule has 0 radical (unpaired) electrons. The van der Waals surface area contributed by atoms with Crippen LogP contribution in [0.2, 0.25) is 0 Å². The largest absolute Gasteiger partial charge is 0.298 e. The van der Waals surface area contributed by atoms with Crippen LogP contribution >= 0.6 is 11.3 Å². The van der Waals surface area contributed by atoms with Crippen LogP contribution in [0, 0.1) is 13.8 Å². The molecule has 1 fully saturated rings. The number of pyridine rings is 1. The Bertz CT molecular complexity index is 967. The van der Waals surface area contributed by atoms with E-state index in [-0.39, 0.29) is 11.9 Å². The summed E-state index contributed by atoms with van der Waals surface area (Å²) in [6, 6.07) is 11.9. The molecule has 1 amide bonds. The van der Waals surface area contributed by atoms with Crippen LogP contribution in [0.5, 0.6) is 0 Å². The number of amides is 1. The Kier molecular flexibility index (Phi) is 5.50. The Balaban J connectivity index is 1.45. The van der Waals surface area contributed by atoms with Gasteiger partial charge in [-0.2, -0.15) is 0 Å². The second-order valence-corrected chi connectivity index (χ2v) is 8.15. The van der Waals surface area contributed by atoms with Crippen LogP contribution < -0.4 is 5.32 Å². The summed E-state index contributed by atoms with van der Waals surface area (Å²) in [5, 5.41) is 5.66. The third-order valence-corrected chi connectivity index (χ3v) is 6.01. The molecule has 2 aromatic heterocycles. The van der Waals surface area contributed by atoms with Gasteiger partial charge < -0.3 is 0 Å². The van der Waals surface area contributed by atoms with Gasteiger partial charge in [0.1, 0.15) is 0 Å². The smallest absolute Gasteiger partial charge is 0.257 e. The predicted molar refractivity (Wildman–Crippen MR) is 113 cm³/mol. The van der Waals surface area contributed by atoms with E-state index in [4.69, 9.17) is 4.98 Å². The topological polar surface area (TPSA) is 58.1 Å². The highest BCUT2D eigenvalue weighted by atomic mass is 32.1. The van der Waals surface area contributed by atoms with Crippen molar-refractivity contribution >= 4 is 22.4 Å². The van der Waals surface area contributed by atoms with E-state index < -0.39 is 0 Å². The minimum Gasteiger partial charge on any atom is -0.298 e. The van der Waals surface area contributed by atoms with Gasteiger partial charge in [-0.05, 0) is 57.0 Å². The zero-order chi connectivity index (χ0) is 19.5. The van der Waals surface area contributed by atoms with E-state index in [0.717, 1.165) is 42.9 Å². The fourth-order valence-electron chi connectivity index (χ4n) is 3.60. The molecule has 3 aromatic rings. The summed E-state index contributed by atoms with van der Waals surface area (Å²) >= 11 is 1.49. The van der Waals surface area contributed by atoms with Crippen molar-refractivity contribution in [3.8, 4) is 0 Å². The number of rotatable bonds is 5. The van der Waals surface area contributed by atoms with E-state index in [1.807, 2.05) is 43.5 Å². The van der Waals surface area contributed by atoms with Crippen molar-refractivity contribution in [2.75, 3.05) is 11.9 Å². The molecular formula is C22H24N4OS. The second-order valence-electron chi connectivity index (χ2n) is 7.29. The predicted octanol–water partition coefficient (Wildman–Crippen LogP) is 4.74. The number of carbonyl (C=O) groups excluding carboxylic acids is 1. The number of hydrogen-bond donors (Lipinski definition) is 1. The van der Waals surface area contributed by atoms with Gasteiger partial charge in [0.25, 0.3) is 5.91 Å². The number of aryl methyl sites for hydroxylation is 2. The van der Waals surface area contributed by atoms with Gasteiger partial charge in [-0.3, -0.25) is 20.0 Å². The molecule has 144 valence electrons. The maximum atomic E-state index is 12.4. The maximum Gasteiger partial charge on any atom is 0.257 e. The van der Waals surface area contributed by atoms with Crippen LogP contribution in [0.25, 0.3) is 0 Å². The Labute approximate surface area is 169 Å². The average molecular weight is 393 g/mol. The number of nitrogens with zero attached hydrogens (tertiary/aromatic N) is 3. The number of hydrogen-bond acceptors (Lipinski definition) is 5. The van der Waals surface area contributed by atoms with Gasteiger partial charge in [-0.1, -0.05) is 23.8 Å². The molecule has 0 saturated carbocycles. The highest BCUT2D eigenvalue weighted by Crippen LogP contribution is 2.34. The van der Waals surface area contributed by atoms with Crippen LogP contribution in [0.15, 0.2) is 48.0 Å². The van der Waals surface area contributed by atoms with E-state index in [2.05, 4.69) is 33.6 Å². The lowest BCUT2D eigenvalue weighted by atomic mass is 10.1. The van der Waals surface area contributed by atoms with Gasteiger partial charge in [-0.25, -0.2) is 4.98 Å². The molecular weight excluding hydrogens is 368 g/mol. The molecule has 4 rings (SSSR count). The van der Waals surface area contributed by atoms with E-state index in [0.29, 0.717) is 10.7 Å². The van der Waals surface area contributed by atoms with Gasteiger partial charge in [0.05, 0.1) is 17.4 Å². The number of thiazole rings is 1. The number of aromatic nitrogens is 2. The molecule has 1 N–H and O–H groups in total. The number of likely N-dealkylation sites (tertiary alicyclic amines) is 1. The summed E-state index contributed by atoms with van der Waals surface area (Å²) in [5.74, 6) is -0.117. The number of carbonyl (C=O) groups is 1. The van der Waals surface area contributed by atoms with E-state index in [9.17, 15) is 4.79 Å². The van der Waals surface area contributed by atoms with E-state index >= 15 is 0 Å². The molecule has 0 spiro atoms. The van der Waals surface area contributed by atoms with E-state index in [1.165, 1.54) is 16.9 Å². The third-order valence-electron chi connectivity index (χ3n) is 5.23. The lowest BCUT2D eigenvalue weighted by Gasteiger charge is -2.23. The Morgan fingerprint density at radius 1 is 1.25 bits per heavy atom. The standard InChI is InChI=1S/C22H24N4OS/c1-15-7-9-17(10-8-15)21(27)25-22-24-19(14-28-22)20-6-4-12-26(20)13-18-16(2)5-3-11-23-18/h3,5,7-11,14,20H,4,6,12-13H2,1-2H3,(H,24,25,27). The highest BCUT2D eigenvalue weighted by molar-refractivity contribution is 7.14. The van der Waals surface area contributed by atoms with Crippen molar-refractivity contribution in [2.45, 2.75) is 39.3 Å². The average Bonchev–Trinajstić information content (AvgIpc) is 3.33. The monoisotopic (exact) mass is 392 g/mol. The van der Waals surface area contributed by atoms with Crippen LogP contribution in [0.1, 0.15) is 51.8 Å². The quantitative estimate of drug-likeness (QED) is 0.681. The molecule has 0 bridgehead atoms. The third kappa shape index (κ3) is 4.13. The van der Waals surface area contributed by atoms with Crippen molar-refractivity contribution in [1.82, 2.24) is 14.9 Å². The summed E-state index contributed by atoms with van der Waals surface area (Å²) < 4.78 is 0. The molecule has 1 saturated heterocycles. The van der Waals surface area contributed by atoms with Gasteiger partial charge in [0.2, 0.25) is 0 Å².